The first-order chi connectivity index (χ1) is 13.2. The van der Waals surface area contributed by atoms with Crippen LogP contribution in [-0.4, -0.2) is 42.2 Å². The predicted octanol–water partition coefficient (Wildman–Crippen LogP) is 2.78. The summed E-state index contributed by atoms with van der Waals surface area (Å²) in [7, 11) is 0. The highest BCUT2D eigenvalue weighted by Gasteiger charge is 2.19. The van der Waals surface area contributed by atoms with E-state index in [0.717, 1.165) is 43.8 Å². The zero-order valence-corrected chi connectivity index (χ0v) is 15.9. The van der Waals surface area contributed by atoms with Crippen molar-refractivity contribution in [2.45, 2.75) is 32.4 Å². The fourth-order valence-electron chi connectivity index (χ4n) is 3.30. The number of carbonyl (C=O) groups is 1. The van der Waals surface area contributed by atoms with Crippen molar-refractivity contribution in [1.82, 2.24) is 15.6 Å². The van der Waals surface area contributed by atoms with Crippen LogP contribution in [0.2, 0.25) is 0 Å². The van der Waals surface area contributed by atoms with E-state index in [0.29, 0.717) is 12.6 Å². The van der Waals surface area contributed by atoms with Crippen LogP contribution in [0.1, 0.15) is 30.9 Å². The molecule has 0 atom stereocenters. The van der Waals surface area contributed by atoms with Gasteiger partial charge in [0.05, 0.1) is 12.3 Å². The van der Waals surface area contributed by atoms with E-state index >= 15 is 0 Å². The number of rotatable bonds is 7. The monoisotopic (exact) mass is 364 g/mol. The zero-order chi connectivity index (χ0) is 18.9. The number of amides is 1. The first-order valence-corrected chi connectivity index (χ1v) is 9.59. The maximum absolute atomic E-state index is 12.0. The summed E-state index contributed by atoms with van der Waals surface area (Å²) in [6.45, 7) is 5.31. The van der Waals surface area contributed by atoms with Gasteiger partial charge in [-0.1, -0.05) is 60.7 Å². The topological polar surface area (TPSA) is 56.7 Å². The van der Waals surface area contributed by atoms with Crippen molar-refractivity contribution in [2.75, 3.05) is 19.6 Å². The largest absolute Gasteiger partial charge is 0.305 e. The van der Waals surface area contributed by atoms with Crippen molar-refractivity contribution in [1.29, 1.82) is 0 Å². The molecule has 0 radical (unpaired) electrons. The fourth-order valence-corrected chi connectivity index (χ4v) is 3.30. The molecular weight excluding hydrogens is 336 g/mol. The fraction of sp³-hybridized carbons (Fsp3) is 0.364. The smallest absolute Gasteiger partial charge is 0.254 e. The van der Waals surface area contributed by atoms with Gasteiger partial charge in [0.25, 0.3) is 5.91 Å². The minimum absolute atomic E-state index is 0.100. The highest BCUT2D eigenvalue weighted by atomic mass is 16.2. The average Bonchev–Trinajstić information content (AvgIpc) is 2.73. The van der Waals surface area contributed by atoms with E-state index in [1.165, 1.54) is 5.56 Å². The van der Waals surface area contributed by atoms with E-state index in [2.05, 4.69) is 51.1 Å². The number of hydrazone groups is 1. The quantitative estimate of drug-likeness (QED) is 0.587. The number of nitrogens with zero attached hydrogens (tertiary/aromatic N) is 2. The van der Waals surface area contributed by atoms with Crippen LogP contribution in [0.4, 0.5) is 0 Å². The Hall–Kier alpha value is -2.50. The second-order valence-electron chi connectivity index (χ2n) is 7.02. The first kappa shape index (κ1) is 19.3. The van der Waals surface area contributed by atoms with Crippen molar-refractivity contribution in [3.05, 3.63) is 71.8 Å². The van der Waals surface area contributed by atoms with E-state index in [4.69, 9.17) is 0 Å². The SMILES string of the molecule is CC(=NNC(=O)CNC1CCN(Cc2ccccc2)CC1)c1ccccc1. The Kier molecular flexibility index (Phi) is 7.13. The number of carbonyl (C=O) groups excluding carboxylic acids is 1. The highest BCUT2D eigenvalue weighted by Crippen LogP contribution is 2.13. The Balaban J connectivity index is 1.35. The van der Waals surface area contributed by atoms with Crippen LogP contribution in [0, 0.1) is 0 Å². The van der Waals surface area contributed by atoms with E-state index in [-0.39, 0.29) is 5.91 Å². The standard InChI is InChI=1S/C22H28N4O/c1-18(20-10-6-3-7-11-20)24-25-22(27)16-23-21-12-14-26(15-13-21)17-19-8-4-2-5-9-19/h2-11,21,23H,12-17H2,1H3,(H,25,27). The maximum atomic E-state index is 12.0. The Bertz CT molecular complexity index is 737. The van der Waals surface area contributed by atoms with Gasteiger partial charge in [-0.2, -0.15) is 5.10 Å². The number of nitrogens with one attached hydrogen (secondary N) is 2. The van der Waals surface area contributed by atoms with Crippen molar-refractivity contribution >= 4 is 11.6 Å². The summed E-state index contributed by atoms with van der Waals surface area (Å²) in [5, 5.41) is 7.55. The van der Waals surface area contributed by atoms with Gasteiger partial charge in [-0.3, -0.25) is 9.69 Å². The molecule has 2 N–H and O–H groups in total. The van der Waals surface area contributed by atoms with E-state index in [9.17, 15) is 4.79 Å². The molecule has 1 amide bonds. The Morgan fingerprint density at radius 2 is 1.67 bits per heavy atom. The molecule has 5 heteroatoms. The van der Waals surface area contributed by atoms with Crippen LogP contribution < -0.4 is 10.7 Å². The van der Waals surface area contributed by atoms with Crippen LogP contribution in [0.3, 0.4) is 0 Å². The molecule has 1 saturated heterocycles. The molecule has 0 aliphatic carbocycles. The Labute approximate surface area is 161 Å². The molecule has 0 unspecified atom stereocenters. The van der Waals surface area contributed by atoms with Gasteiger partial charge < -0.3 is 5.32 Å². The summed E-state index contributed by atoms with van der Waals surface area (Å²) in [5.74, 6) is -0.100. The summed E-state index contributed by atoms with van der Waals surface area (Å²) in [6.07, 6.45) is 2.12. The van der Waals surface area contributed by atoms with E-state index in [1.54, 1.807) is 0 Å². The molecule has 3 rings (SSSR count). The van der Waals surface area contributed by atoms with Crippen LogP contribution in [0.5, 0.6) is 0 Å². The molecule has 142 valence electrons. The third-order valence-electron chi connectivity index (χ3n) is 4.93. The average molecular weight is 364 g/mol. The molecule has 0 spiro atoms. The normalized spacial score (nSPS) is 16.3. The van der Waals surface area contributed by atoms with Crippen molar-refractivity contribution in [2.24, 2.45) is 5.10 Å². The number of hydrogen-bond donors (Lipinski definition) is 2. The molecule has 2 aromatic carbocycles. The molecule has 27 heavy (non-hydrogen) atoms. The second-order valence-corrected chi connectivity index (χ2v) is 7.02. The molecule has 1 aliphatic heterocycles. The van der Waals surface area contributed by atoms with Crippen LogP contribution in [0.15, 0.2) is 65.8 Å². The van der Waals surface area contributed by atoms with Gasteiger partial charge in [0.1, 0.15) is 0 Å². The third kappa shape index (κ3) is 6.31. The van der Waals surface area contributed by atoms with E-state index < -0.39 is 0 Å². The molecule has 1 heterocycles. The molecule has 1 aliphatic rings. The van der Waals surface area contributed by atoms with Crippen LogP contribution in [-0.2, 0) is 11.3 Å². The molecule has 5 nitrogen and oxygen atoms in total. The van der Waals surface area contributed by atoms with Gasteiger partial charge in [0.15, 0.2) is 0 Å². The molecule has 1 fully saturated rings. The molecule has 0 bridgehead atoms. The molecular formula is C22H28N4O. The molecule has 0 saturated carbocycles. The lowest BCUT2D eigenvalue weighted by molar-refractivity contribution is -0.120. The Morgan fingerprint density at radius 1 is 1.04 bits per heavy atom. The number of piperidine rings is 1. The summed E-state index contributed by atoms with van der Waals surface area (Å²) >= 11 is 0. The van der Waals surface area contributed by atoms with E-state index in [1.807, 2.05) is 37.3 Å². The number of benzene rings is 2. The summed E-state index contributed by atoms with van der Waals surface area (Å²) < 4.78 is 0. The lowest BCUT2D eigenvalue weighted by Gasteiger charge is -2.32. The van der Waals surface area contributed by atoms with Crippen molar-refractivity contribution < 1.29 is 4.79 Å². The summed E-state index contributed by atoms with van der Waals surface area (Å²) in [4.78, 5) is 14.5. The predicted molar refractivity (Wildman–Crippen MR) is 110 cm³/mol. The van der Waals surface area contributed by atoms with Gasteiger partial charge in [0, 0.05) is 12.6 Å². The van der Waals surface area contributed by atoms with Gasteiger partial charge in [0.2, 0.25) is 0 Å². The van der Waals surface area contributed by atoms with Gasteiger partial charge in [-0.15, -0.1) is 0 Å². The summed E-state index contributed by atoms with van der Waals surface area (Å²) in [6, 6.07) is 20.8. The minimum atomic E-state index is -0.100. The highest BCUT2D eigenvalue weighted by molar-refractivity contribution is 5.99. The van der Waals surface area contributed by atoms with Crippen LogP contribution >= 0.6 is 0 Å². The van der Waals surface area contributed by atoms with Gasteiger partial charge in [-0.05, 0) is 44.0 Å². The molecule has 2 aromatic rings. The van der Waals surface area contributed by atoms with Crippen LogP contribution in [0.25, 0.3) is 0 Å². The summed E-state index contributed by atoms with van der Waals surface area (Å²) in [5.41, 5.74) is 5.81. The number of likely N-dealkylation sites (tertiary alicyclic amines) is 1. The lowest BCUT2D eigenvalue weighted by atomic mass is 10.0. The number of hydrogen-bond acceptors (Lipinski definition) is 4. The maximum Gasteiger partial charge on any atom is 0.254 e. The minimum Gasteiger partial charge on any atom is -0.305 e. The van der Waals surface area contributed by atoms with Crippen molar-refractivity contribution in [3.8, 4) is 0 Å². The van der Waals surface area contributed by atoms with Crippen molar-refractivity contribution in [3.63, 3.8) is 0 Å². The van der Waals surface area contributed by atoms with Gasteiger partial charge in [-0.25, -0.2) is 5.43 Å². The first-order valence-electron chi connectivity index (χ1n) is 9.59. The zero-order valence-electron chi connectivity index (χ0n) is 15.9. The van der Waals surface area contributed by atoms with Gasteiger partial charge >= 0.3 is 0 Å². The Morgan fingerprint density at radius 3 is 2.33 bits per heavy atom. The third-order valence-corrected chi connectivity index (χ3v) is 4.93. The molecule has 0 aromatic heterocycles. The second kappa shape index (κ2) is 10.00. The lowest BCUT2D eigenvalue weighted by Crippen LogP contribution is -2.45.